The lowest BCUT2D eigenvalue weighted by atomic mass is 10.1. The second kappa shape index (κ2) is 6.41. The van der Waals surface area contributed by atoms with Crippen molar-refractivity contribution in [3.63, 3.8) is 0 Å². The van der Waals surface area contributed by atoms with Crippen molar-refractivity contribution in [2.75, 3.05) is 26.0 Å². The molecule has 0 aliphatic carbocycles. The Labute approximate surface area is 114 Å². The first-order valence-electron chi connectivity index (χ1n) is 5.69. The van der Waals surface area contributed by atoms with Crippen molar-refractivity contribution in [2.24, 2.45) is 5.92 Å². The number of hydrogen-bond donors (Lipinski definition) is 1. The van der Waals surface area contributed by atoms with Gasteiger partial charge in [0.25, 0.3) is 0 Å². The molecule has 1 heterocycles. The van der Waals surface area contributed by atoms with E-state index < -0.39 is 9.84 Å². The van der Waals surface area contributed by atoms with Crippen LogP contribution < -0.4 is 10.1 Å². The van der Waals surface area contributed by atoms with Crippen LogP contribution in [0, 0.1) is 5.92 Å². The summed E-state index contributed by atoms with van der Waals surface area (Å²) < 4.78 is 28.4. The van der Waals surface area contributed by atoms with Gasteiger partial charge in [0.15, 0.2) is 9.84 Å². The molecule has 2 rings (SSSR count). The number of halogens is 1. The average molecular weight is 292 g/mol. The molecule has 1 atom stereocenters. The highest BCUT2D eigenvalue weighted by atomic mass is 35.5. The van der Waals surface area contributed by atoms with Crippen molar-refractivity contribution in [2.45, 2.75) is 11.3 Å². The van der Waals surface area contributed by atoms with Gasteiger partial charge in [-0.2, -0.15) is 0 Å². The summed E-state index contributed by atoms with van der Waals surface area (Å²) in [5.41, 5.74) is 0. The average Bonchev–Trinajstić information content (AvgIpc) is 2.78. The lowest BCUT2D eigenvalue weighted by Crippen LogP contribution is -2.15. The van der Waals surface area contributed by atoms with Crippen molar-refractivity contribution < 1.29 is 13.2 Å². The first-order chi connectivity index (χ1) is 8.05. The predicted molar refractivity (Wildman–Crippen MR) is 73.3 cm³/mol. The summed E-state index contributed by atoms with van der Waals surface area (Å²) >= 11 is 0. The third-order valence-electron chi connectivity index (χ3n) is 2.88. The molecule has 0 unspecified atom stereocenters. The Morgan fingerprint density at radius 1 is 1.44 bits per heavy atom. The lowest BCUT2D eigenvalue weighted by molar-refractivity contribution is 0.259. The van der Waals surface area contributed by atoms with Crippen molar-refractivity contribution in [3.8, 4) is 5.75 Å². The van der Waals surface area contributed by atoms with Gasteiger partial charge in [0.1, 0.15) is 5.75 Å². The number of ether oxygens (including phenoxy) is 1. The van der Waals surface area contributed by atoms with E-state index in [0.717, 1.165) is 19.5 Å². The number of nitrogens with one attached hydrogen (secondary N) is 1. The zero-order chi connectivity index (χ0) is 12.3. The summed E-state index contributed by atoms with van der Waals surface area (Å²) in [6, 6.07) is 6.66. The summed E-state index contributed by atoms with van der Waals surface area (Å²) in [5.74, 6) is 1.15. The van der Waals surface area contributed by atoms with Crippen LogP contribution in [-0.4, -0.2) is 34.4 Å². The largest absolute Gasteiger partial charge is 0.493 e. The van der Waals surface area contributed by atoms with Gasteiger partial charge in [0.05, 0.1) is 11.5 Å². The Kier molecular flexibility index (Phi) is 5.44. The number of rotatable bonds is 4. The molecule has 1 aliphatic rings. The molecule has 0 radical (unpaired) electrons. The van der Waals surface area contributed by atoms with E-state index in [2.05, 4.69) is 5.32 Å². The predicted octanol–water partition coefficient (Wildman–Crippen LogP) is 1.50. The molecule has 102 valence electrons. The molecule has 6 heteroatoms. The number of hydrogen-bond acceptors (Lipinski definition) is 4. The van der Waals surface area contributed by atoms with Crippen molar-refractivity contribution >= 4 is 22.2 Å². The maximum Gasteiger partial charge on any atom is 0.175 e. The minimum Gasteiger partial charge on any atom is -0.493 e. The Morgan fingerprint density at radius 2 is 2.22 bits per heavy atom. The van der Waals surface area contributed by atoms with Crippen LogP contribution in [0.25, 0.3) is 0 Å². The zero-order valence-corrected chi connectivity index (χ0v) is 11.9. The van der Waals surface area contributed by atoms with E-state index in [1.807, 2.05) is 0 Å². The van der Waals surface area contributed by atoms with E-state index >= 15 is 0 Å². The highest BCUT2D eigenvalue weighted by molar-refractivity contribution is 7.90. The highest BCUT2D eigenvalue weighted by Crippen LogP contribution is 2.18. The van der Waals surface area contributed by atoms with E-state index in [-0.39, 0.29) is 12.4 Å². The van der Waals surface area contributed by atoms with Crippen molar-refractivity contribution in [1.29, 1.82) is 0 Å². The maximum atomic E-state index is 11.4. The third kappa shape index (κ3) is 4.15. The van der Waals surface area contributed by atoms with E-state index in [4.69, 9.17) is 4.74 Å². The summed E-state index contributed by atoms with van der Waals surface area (Å²) in [5, 5.41) is 3.27. The minimum atomic E-state index is -3.16. The van der Waals surface area contributed by atoms with E-state index in [0.29, 0.717) is 23.2 Å². The Balaban J connectivity index is 0.00000162. The molecule has 1 aromatic rings. The first-order valence-corrected chi connectivity index (χ1v) is 7.58. The van der Waals surface area contributed by atoms with Crippen LogP contribution in [0.15, 0.2) is 29.2 Å². The highest BCUT2D eigenvalue weighted by Gasteiger charge is 2.15. The van der Waals surface area contributed by atoms with Gasteiger partial charge in [-0.25, -0.2) is 8.42 Å². The second-order valence-corrected chi connectivity index (χ2v) is 6.43. The lowest BCUT2D eigenvalue weighted by Gasteiger charge is -2.11. The van der Waals surface area contributed by atoms with Crippen LogP contribution in [0.1, 0.15) is 6.42 Å². The van der Waals surface area contributed by atoms with Crippen LogP contribution in [0.4, 0.5) is 0 Å². The molecule has 1 fully saturated rings. The normalized spacial score (nSPS) is 19.3. The molecule has 1 N–H and O–H groups in total. The van der Waals surface area contributed by atoms with E-state index in [9.17, 15) is 8.42 Å². The molecule has 1 aliphatic heterocycles. The van der Waals surface area contributed by atoms with Gasteiger partial charge in [-0.15, -0.1) is 12.4 Å². The second-order valence-electron chi connectivity index (χ2n) is 4.42. The summed E-state index contributed by atoms with van der Waals surface area (Å²) in [6.45, 7) is 2.66. The van der Waals surface area contributed by atoms with Crippen LogP contribution in [-0.2, 0) is 9.84 Å². The fraction of sp³-hybridized carbons (Fsp3) is 0.500. The summed E-state index contributed by atoms with van der Waals surface area (Å²) in [4.78, 5) is 0.305. The van der Waals surface area contributed by atoms with Gasteiger partial charge in [-0.3, -0.25) is 0 Å². The Morgan fingerprint density at radius 3 is 2.83 bits per heavy atom. The monoisotopic (exact) mass is 291 g/mol. The van der Waals surface area contributed by atoms with Crippen LogP contribution in [0.2, 0.25) is 0 Å². The van der Waals surface area contributed by atoms with Gasteiger partial charge in [-0.05, 0) is 31.2 Å². The molecule has 0 saturated carbocycles. The molecule has 0 aromatic heterocycles. The van der Waals surface area contributed by atoms with Crippen LogP contribution in [0.5, 0.6) is 5.75 Å². The SMILES string of the molecule is CS(=O)(=O)c1cccc(OC[C@H]2CCNC2)c1.Cl. The van der Waals surface area contributed by atoms with E-state index in [1.54, 1.807) is 24.3 Å². The molecule has 0 spiro atoms. The first kappa shape index (κ1) is 15.3. The van der Waals surface area contributed by atoms with Crippen LogP contribution >= 0.6 is 12.4 Å². The molecule has 1 aromatic carbocycles. The van der Waals surface area contributed by atoms with Crippen molar-refractivity contribution in [3.05, 3.63) is 24.3 Å². The Hall–Kier alpha value is -0.780. The fourth-order valence-electron chi connectivity index (χ4n) is 1.87. The smallest absolute Gasteiger partial charge is 0.175 e. The minimum absolute atomic E-state index is 0. The molecule has 18 heavy (non-hydrogen) atoms. The fourth-order valence-corrected chi connectivity index (χ4v) is 2.52. The van der Waals surface area contributed by atoms with Gasteiger partial charge in [-0.1, -0.05) is 6.07 Å². The molecule has 0 amide bonds. The number of benzene rings is 1. The summed E-state index contributed by atoms with van der Waals surface area (Å²) in [6.07, 6.45) is 2.32. The molecule has 0 bridgehead atoms. The van der Waals surface area contributed by atoms with Crippen LogP contribution in [0.3, 0.4) is 0 Å². The molecule has 4 nitrogen and oxygen atoms in total. The van der Waals surface area contributed by atoms with Gasteiger partial charge >= 0.3 is 0 Å². The molecule has 1 saturated heterocycles. The van der Waals surface area contributed by atoms with Gasteiger partial charge in [0, 0.05) is 18.7 Å². The number of sulfone groups is 1. The molecular weight excluding hydrogens is 274 g/mol. The summed E-state index contributed by atoms with van der Waals surface area (Å²) in [7, 11) is -3.16. The molecular formula is C12H18ClNO3S. The standard InChI is InChI=1S/C12H17NO3S.ClH/c1-17(14,15)12-4-2-3-11(7-12)16-9-10-5-6-13-8-10;/h2-4,7,10,13H,5-6,8-9H2,1H3;1H/t10-;/m0./s1. The zero-order valence-electron chi connectivity index (χ0n) is 10.3. The topological polar surface area (TPSA) is 55.4 Å². The van der Waals surface area contributed by atoms with Crippen molar-refractivity contribution in [1.82, 2.24) is 5.32 Å². The Bertz CT molecular complexity index is 484. The van der Waals surface area contributed by atoms with E-state index in [1.165, 1.54) is 6.26 Å². The third-order valence-corrected chi connectivity index (χ3v) is 3.99. The van der Waals surface area contributed by atoms with Gasteiger partial charge in [0.2, 0.25) is 0 Å². The quantitative estimate of drug-likeness (QED) is 0.913. The van der Waals surface area contributed by atoms with Gasteiger partial charge < -0.3 is 10.1 Å². The maximum absolute atomic E-state index is 11.4.